The van der Waals surface area contributed by atoms with Crippen molar-refractivity contribution in [2.75, 3.05) is 0 Å². The average Bonchev–Trinajstić information content (AvgIpc) is 3.20. The molecule has 1 N–H and O–H groups in total. The van der Waals surface area contributed by atoms with Gasteiger partial charge in [-0.1, -0.05) is 19.2 Å². The van der Waals surface area contributed by atoms with Crippen LogP contribution in [0.15, 0.2) is 36.0 Å². The van der Waals surface area contributed by atoms with E-state index in [0.717, 1.165) is 0 Å². The highest BCUT2D eigenvalue weighted by Gasteiger charge is 2.61. The standard InChI is InChI=1S/C20H24O7/c1-6-9(2)18(23)26-16-10(3)7-12(21)17-20(5,27-17)8-13-14(15(16)22)11(4)19(24)25-13/h6,13-17,22H,3-4,7-8H2,1-2,5H3/b9-6-/t13-,14-,15+,16-,17-,20+/m0/s1. The number of esters is 2. The molecule has 0 unspecified atom stereocenters. The first kappa shape index (κ1) is 19.5. The van der Waals surface area contributed by atoms with Crippen LogP contribution < -0.4 is 0 Å². The van der Waals surface area contributed by atoms with Crippen molar-refractivity contribution in [1.29, 1.82) is 0 Å². The van der Waals surface area contributed by atoms with E-state index in [1.165, 1.54) is 0 Å². The van der Waals surface area contributed by atoms with Gasteiger partial charge in [-0.15, -0.1) is 0 Å². The molecular formula is C20H24O7. The third-order valence-corrected chi connectivity index (χ3v) is 5.58. The highest BCUT2D eigenvalue weighted by atomic mass is 16.6. The van der Waals surface area contributed by atoms with E-state index in [2.05, 4.69) is 13.2 Å². The smallest absolute Gasteiger partial charge is 0.334 e. The molecule has 0 bridgehead atoms. The van der Waals surface area contributed by atoms with Crippen molar-refractivity contribution in [3.8, 4) is 0 Å². The monoisotopic (exact) mass is 376 g/mol. The minimum absolute atomic E-state index is 0.0944. The van der Waals surface area contributed by atoms with Crippen LogP contribution in [0, 0.1) is 5.92 Å². The van der Waals surface area contributed by atoms with Crippen LogP contribution in [-0.2, 0) is 28.6 Å². The number of hydrogen-bond acceptors (Lipinski definition) is 7. The molecule has 2 aliphatic heterocycles. The highest BCUT2D eigenvalue weighted by Crippen LogP contribution is 2.47. The van der Waals surface area contributed by atoms with Crippen molar-refractivity contribution in [1.82, 2.24) is 0 Å². The molecule has 3 aliphatic rings. The molecule has 3 fully saturated rings. The Hall–Kier alpha value is -2.25. The third kappa shape index (κ3) is 3.37. The van der Waals surface area contributed by atoms with Gasteiger partial charge in [0.15, 0.2) is 5.78 Å². The van der Waals surface area contributed by atoms with E-state index in [9.17, 15) is 19.5 Å². The number of Topliss-reactive ketones (excluding diaryl/α,β-unsaturated/α-hetero) is 1. The number of epoxide rings is 1. The van der Waals surface area contributed by atoms with Gasteiger partial charge in [0.25, 0.3) is 0 Å². The second-order valence-electron chi connectivity index (χ2n) is 7.60. The third-order valence-electron chi connectivity index (χ3n) is 5.58. The fraction of sp³-hybridized carbons (Fsp3) is 0.550. The second kappa shape index (κ2) is 6.73. The van der Waals surface area contributed by atoms with Crippen LogP contribution in [0.5, 0.6) is 0 Å². The lowest BCUT2D eigenvalue weighted by molar-refractivity contribution is -0.151. The first-order valence-electron chi connectivity index (χ1n) is 8.89. The molecule has 1 saturated carbocycles. The van der Waals surface area contributed by atoms with E-state index < -0.39 is 47.9 Å². The summed E-state index contributed by atoms with van der Waals surface area (Å²) in [6, 6.07) is 0. The van der Waals surface area contributed by atoms with Crippen molar-refractivity contribution >= 4 is 17.7 Å². The fourth-order valence-electron chi connectivity index (χ4n) is 3.76. The largest absolute Gasteiger partial charge is 0.458 e. The molecule has 146 valence electrons. The summed E-state index contributed by atoms with van der Waals surface area (Å²) >= 11 is 0. The minimum Gasteiger partial charge on any atom is -0.458 e. The highest BCUT2D eigenvalue weighted by molar-refractivity contribution is 5.92. The Morgan fingerprint density at radius 3 is 2.67 bits per heavy atom. The molecule has 3 rings (SSSR count). The van der Waals surface area contributed by atoms with Gasteiger partial charge in [0.1, 0.15) is 30.0 Å². The van der Waals surface area contributed by atoms with Gasteiger partial charge >= 0.3 is 11.9 Å². The molecule has 7 heteroatoms. The Labute approximate surface area is 157 Å². The van der Waals surface area contributed by atoms with Gasteiger partial charge in [-0.25, -0.2) is 9.59 Å². The predicted molar refractivity (Wildman–Crippen MR) is 94.5 cm³/mol. The number of allylic oxidation sites excluding steroid dienone is 1. The molecule has 0 aromatic heterocycles. The van der Waals surface area contributed by atoms with E-state index in [1.807, 2.05) is 0 Å². The van der Waals surface area contributed by atoms with Crippen LogP contribution in [0.2, 0.25) is 0 Å². The minimum atomic E-state index is -1.32. The summed E-state index contributed by atoms with van der Waals surface area (Å²) in [7, 11) is 0. The molecule has 1 aliphatic carbocycles. The Morgan fingerprint density at radius 1 is 1.37 bits per heavy atom. The van der Waals surface area contributed by atoms with E-state index in [4.69, 9.17) is 14.2 Å². The molecule has 0 spiro atoms. The maximum atomic E-state index is 12.5. The normalized spacial score (nSPS) is 39.4. The number of ketones is 1. The Morgan fingerprint density at radius 2 is 2.04 bits per heavy atom. The average molecular weight is 376 g/mol. The Bertz CT molecular complexity index is 764. The van der Waals surface area contributed by atoms with Crippen LogP contribution in [0.3, 0.4) is 0 Å². The zero-order chi connectivity index (χ0) is 20.1. The molecule has 0 radical (unpaired) electrons. The summed E-state index contributed by atoms with van der Waals surface area (Å²) in [5.41, 5.74) is -0.0477. The predicted octanol–water partition coefficient (Wildman–Crippen LogP) is 1.40. The topological polar surface area (TPSA) is 102 Å². The van der Waals surface area contributed by atoms with E-state index >= 15 is 0 Å². The number of rotatable bonds is 2. The molecule has 27 heavy (non-hydrogen) atoms. The molecular weight excluding hydrogens is 352 g/mol. The van der Waals surface area contributed by atoms with Crippen molar-refractivity contribution < 1.29 is 33.7 Å². The fourth-order valence-corrected chi connectivity index (χ4v) is 3.76. The van der Waals surface area contributed by atoms with Gasteiger partial charge < -0.3 is 19.3 Å². The lowest BCUT2D eigenvalue weighted by Crippen LogP contribution is -2.44. The lowest BCUT2D eigenvalue weighted by atomic mass is 9.79. The summed E-state index contributed by atoms with van der Waals surface area (Å²) in [5, 5.41) is 11.0. The Balaban J connectivity index is 1.96. The van der Waals surface area contributed by atoms with Crippen molar-refractivity contribution in [2.24, 2.45) is 5.92 Å². The number of fused-ring (bicyclic) bond motifs is 2. The lowest BCUT2D eigenvalue weighted by Gasteiger charge is -2.32. The summed E-state index contributed by atoms with van der Waals surface area (Å²) in [6.45, 7) is 12.6. The molecule has 2 saturated heterocycles. The molecule has 0 aromatic carbocycles. The van der Waals surface area contributed by atoms with Crippen LogP contribution >= 0.6 is 0 Å². The number of carbonyl (C=O) groups is 3. The van der Waals surface area contributed by atoms with Gasteiger partial charge in [-0.05, 0) is 26.3 Å². The molecule has 0 aromatic rings. The maximum Gasteiger partial charge on any atom is 0.334 e. The van der Waals surface area contributed by atoms with Gasteiger partial charge in [0.2, 0.25) is 0 Å². The number of carbonyl (C=O) groups excluding carboxylic acids is 3. The summed E-state index contributed by atoms with van der Waals surface area (Å²) in [6.07, 6.45) is -2.11. The van der Waals surface area contributed by atoms with Crippen molar-refractivity contribution in [3.63, 3.8) is 0 Å². The molecule has 0 amide bonds. The first-order valence-corrected chi connectivity index (χ1v) is 8.89. The zero-order valence-electron chi connectivity index (χ0n) is 15.7. The molecule has 6 atom stereocenters. The van der Waals surface area contributed by atoms with Gasteiger partial charge in [-0.3, -0.25) is 4.79 Å². The molecule has 7 nitrogen and oxygen atoms in total. The van der Waals surface area contributed by atoms with Crippen LogP contribution in [-0.4, -0.2) is 52.8 Å². The maximum absolute atomic E-state index is 12.5. The quantitative estimate of drug-likeness (QED) is 0.336. The summed E-state index contributed by atoms with van der Waals surface area (Å²) in [4.78, 5) is 36.8. The Kier molecular flexibility index (Phi) is 4.86. The first-order chi connectivity index (χ1) is 12.6. The number of aliphatic hydroxyl groups is 1. The van der Waals surface area contributed by atoms with Gasteiger partial charge in [-0.2, -0.15) is 0 Å². The van der Waals surface area contributed by atoms with E-state index in [0.29, 0.717) is 5.57 Å². The second-order valence-corrected chi connectivity index (χ2v) is 7.60. The van der Waals surface area contributed by atoms with Crippen molar-refractivity contribution in [2.45, 2.75) is 63.6 Å². The van der Waals surface area contributed by atoms with Gasteiger partial charge in [0.05, 0.1) is 5.92 Å². The summed E-state index contributed by atoms with van der Waals surface area (Å²) in [5.74, 6) is -2.24. The van der Waals surface area contributed by atoms with Crippen LogP contribution in [0.1, 0.15) is 33.6 Å². The van der Waals surface area contributed by atoms with Gasteiger partial charge in [0, 0.05) is 24.0 Å². The van der Waals surface area contributed by atoms with Crippen LogP contribution in [0.25, 0.3) is 0 Å². The number of aliphatic hydroxyl groups excluding tert-OH is 1. The SMILES string of the molecule is C=C1C(=O)O[C@H]2C[C@@]3(C)O[C@H]3C(=O)CC(=C)[C@H](OC(=O)/C(C)=C\C)[C@H](O)[C@@H]12. The van der Waals surface area contributed by atoms with E-state index in [-0.39, 0.29) is 29.8 Å². The van der Waals surface area contributed by atoms with Crippen molar-refractivity contribution in [3.05, 3.63) is 36.0 Å². The van der Waals surface area contributed by atoms with E-state index in [1.54, 1.807) is 26.8 Å². The zero-order valence-corrected chi connectivity index (χ0v) is 15.7. The number of ether oxygens (including phenoxy) is 3. The van der Waals surface area contributed by atoms with Crippen LogP contribution in [0.4, 0.5) is 0 Å². The molecule has 2 heterocycles. The summed E-state index contributed by atoms with van der Waals surface area (Å²) < 4.78 is 16.4. The number of hydrogen-bond donors (Lipinski definition) is 1.